The molecule has 1 atom stereocenters. The van der Waals surface area contributed by atoms with Crippen LogP contribution in [0.3, 0.4) is 0 Å². The third kappa shape index (κ3) is 2.11. The van der Waals surface area contributed by atoms with Gasteiger partial charge in [0, 0.05) is 5.92 Å². The molecule has 0 radical (unpaired) electrons. The van der Waals surface area contributed by atoms with Gasteiger partial charge in [0.25, 0.3) is 0 Å². The van der Waals surface area contributed by atoms with Gasteiger partial charge in [-0.1, -0.05) is 6.42 Å². The fraction of sp³-hybridized carbons (Fsp3) is 0.700. The Morgan fingerprint density at radius 1 is 1.57 bits per heavy atom. The van der Waals surface area contributed by atoms with Crippen molar-refractivity contribution < 1.29 is 14.3 Å². The van der Waals surface area contributed by atoms with Crippen molar-refractivity contribution in [1.82, 2.24) is 0 Å². The third-order valence-corrected chi connectivity index (χ3v) is 2.44. The van der Waals surface area contributed by atoms with E-state index in [1.54, 1.807) is 13.0 Å². The lowest BCUT2D eigenvalue weighted by Gasteiger charge is -2.24. The summed E-state index contributed by atoms with van der Waals surface area (Å²) in [6.07, 6.45) is 2.62. The van der Waals surface area contributed by atoms with Crippen molar-refractivity contribution in [3.05, 3.63) is 0 Å². The van der Waals surface area contributed by atoms with Gasteiger partial charge in [0.05, 0.1) is 12.7 Å². The number of rotatable bonds is 4. The molecule has 0 bridgehead atoms. The quantitative estimate of drug-likeness (QED) is 0.497. The van der Waals surface area contributed by atoms with Gasteiger partial charge in [0.2, 0.25) is 5.92 Å². The maximum absolute atomic E-state index is 11.5. The van der Waals surface area contributed by atoms with Crippen LogP contribution in [0.1, 0.15) is 26.2 Å². The molecule has 0 aromatic heterocycles. The van der Waals surface area contributed by atoms with Gasteiger partial charge in [-0.3, -0.25) is 9.59 Å². The van der Waals surface area contributed by atoms with Gasteiger partial charge in [-0.25, -0.2) is 0 Å². The molecule has 0 N–H and O–H groups in total. The lowest BCUT2D eigenvalue weighted by molar-refractivity contribution is -0.150. The molecule has 14 heavy (non-hydrogen) atoms. The molecule has 0 aromatic carbocycles. The molecule has 4 nitrogen and oxygen atoms in total. The standard InChI is InChI=1S/C10H13NO3/c1-2-14-10(13)8(6-11)9(12)7-4-3-5-7/h7-8H,2-5H2,1H3/t8-/m1/s1. The molecular weight excluding hydrogens is 182 g/mol. The summed E-state index contributed by atoms with van der Waals surface area (Å²) >= 11 is 0. The van der Waals surface area contributed by atoms with Gasteiger partial charge in [0.15, 0.2) is 5.78 Å². The Morgan fingerprint density at radius 3 is 2.57 bits per heavy atom. The van der Waals surface area contributed by atoms with Gasteiger partial charge in [-0.05, 0) is 19.8 Å². The van der Waals surface area contributed by atoms with Crippen LogP contribution in [0.15, 0.2) is 0 Å². The minimum absolute atomic E-state index is 0.0935. The summed E-state index contributed by atoms with van der Waals surface area (Å²) in [6.45, 7) is 1.86. The monoisotopic (exact) mass is 195 g/mol. The number of ether oxygens (including phenoxy) is 1. The van der Waals surface area contributed by atoms with Gasteiger partial charge < -0.3 is 4.74 Å². The number of hydrogen-bond acceptors (Lipinski definition) is 4. The van der Waals surface area contributed by atoms with Crippen molar-refractivity contribution >= 4 is 11.8 Å². The predicted molar refractivity (Wildman–Crippen MR) is 48.1 cm³/mol. The Bertz CT molecular complexity index is 276. The Balaban J connectivity index is 2.57. The molecule has 76 valence electrons. The first-order chi connectivity index (χ1) is 6.70. The highest BCUT2D eigenvalue weighted by Crippen LogP contribution is 2.29. The minimum Gasteiger partial charge on any atom is -0.465 e. The van der Waals surface area contributed by atoms with Gasteiger partial charge >= 0.3 is 5.97 Å². The Kier molecular flexibility index (Phi) is 3.63. The fourth-order valence-corrected chi connectivity index (χ4v) is 1.39. The Hall–Kier alpha value is -1.37. The smallest absolute Gasteiger partial charge is 0.331 e. The fourth-order valence-electron chi connectivity index (χ4n) is 1.39. The lowest BCUT2D eigenvalue weighted by Crippen LogP contribution is -2.33. The van der Waals surface area contributed by atoms with E-state index in [0.717, 1.165) is 19.3 Å². The lowest BCUT2D eigenvalue weighted by atomic mass is 9.78. The molecule has 1 rings (SSSR count). The molecule has 0 unspecified atom stereocenters. The van der Waals surface area contributed by atoms with E-state index < -0.39 is 11.9 Å². The summed E-state index contributed by atoms with van der Waals surface area (Å²) in [7, 11) is 0. The van der Waals surface area contributed by atoms with Crippen LogP contribution in [0.25, 0.3) is 0 Å². The van der Waals surface area contributed by atoms with Crippen LogP contribution in [-0.2, 0) is 14.3 Å². The second kappa shape index (κ2) is 4.75. The van der Waals surface area contributed by atoms with E-state index in [9.17, 15) is 9.59 Å². The SMILES string of the molecule is CCOC(=O)[C@H](C#N)C(=O)C1CCC1. The van der Waals surface area contributed by atoms with Crippen LogP contribution in [0.5, 0.6) is 0 Å². The van der Waals surface area contributed by atoms with E-state index in [2.05, 4.69) is 4.74 Å². The van der Waals surface area contributed by atoms with Crippen molar-refractivity contribution in [2.45, 2.75) is 26.2 Å². The number of esters is 1. The summed E-state index contributed by atoms with van der Waals surface area (Å²) in [5.74, 6) is -2.27. The second-order valence-corrected chi connectivity index (χ2v) is 3.34. The molecule has 0 saturated heterocycles. The molecule has 1 saturated carbocycles. The zero-order valence-corrected chi connectivity index (χ0v) is 8.16. The maximum atomic E-state index is 11.5. The van der Waals surface area contributed by atoms with Crippen LogP contribution in [0.4, 0.5) is 0 Å². The molecule has 0 spiro atoms. The topological polar surface area (TPSA) is 67.2 Å². The molecule has 0 amide bonds. The largest absolute Gasteiger partial charge is 0.465 e. The second-order valence-electron chi connectivity index (χ2n) is 3.34. The Morgan fingerprint density at radius 2 is 2.21 bits per heavy atom. The third-order valence-electron chi connectivity index (χ3n) is 2.44. The average Bonchev–Trinajstić information content (AvgIpc) is 2.02. The number of Topliss-reactive ketones (excluding diaryl/α,β-unsaturated/α-hetero) is 1. The van der Waals surface area contributed by atoms with Crippen molar-refractivity contribution in [3.63, 3.8) is 0 Å². The van der Waals surface area contributed by atoms with Crippen LogP contribution in [-0.4, -0.2) is 18.4 Å². The first-order valence-corrected chi connectivity index (χ1v) is 4.80. The first-order valence-electron chi connectivity index (χ1n) is 4.80. The highest BCUT2D eigenvalue weighted by Gasteiger charge is 2.36. The van der Waals surface area contributed by atoms with Crippen molar-refractivity contribution in [3.8, 4) is 6.07 Å². The van der Waals surface area contributed by atoms with Crippen LogP contribution in [0, 0.1) is 23.2 Å². The van der Waals surface area contributed by atoms with E-state index >= 15 is 0 Å². The van der Waals surface area contributed by atoms with Crippen LogP contribution < -0.4 is 0 Å². The molecule has 0 aliphatic heterocycles. The van der Waals surface area contributed by atoms with Crippen molar-refractivity contribution in [1.29, 1.82) is 5.26 Å². The zero-order chi connectivity index (χ0) is 10.6. The average molecular weight is 195 g/mol. The Labute approximate surface area is 82.8 Å². The number of nitrogens with zero attached hydrogens (tertiary/aromatic N) is 1. The number of hydrogen-bond donors (Lipinski definition) is 0. The van der Waals surface area contributed by atoms with E-state index in [1.165, 1.54) is 0 Å². The molecule has 1 fully saturated rings. The van der Waals surface area contributed by atoms with Gasteiger partial charge in [-0.15, -0.1) is 0 Å². The molecule has 1 aliphatic carbocycles. The molecular formula is C10H13NO3. The van der Waals surface area contributed by atoms with Gasteiger partial charge in [-0.2, -0.15) is 5.26 Å². The highest BCUT2D eigenvalue weighted by molar-refractivity contribution is 6.03. The normalized spacial score (nSPS) is 17.7. The minimum atomic E-state index is -1.21. The van der Waals surface area contributed by atoms with E-state index in [-0.39, 0.29) is 18.3 Å². The summed E-state index contributed by atoms with van der Waals surface area (Å²) in [5, 5.41) is 8.69. The van der Waals surface area contributed by atoms with Gasteiger partial charge in [0.1, 0.15) is 0 Å². The van der Waals surface area contributed by atoms with Crippen LogP contribution in [0.2, 0.25) is 0 Å². The maximum Gasteiger partial charge on any atom is 0.331 e. The van der Waals surface area contributed by atoms with Crippen molar-refractivity contribution in [2.24, 2.45) is 11.8 Å². The van der Waals surface area contributed by atoms with E-state index in [0.29, 0.717) is 0 Å². The van der Waals surface area contributed by atoms with Crippen molar-refractivity contribution in [2.75, 3.05) is 6.61 Å². The van der Waals surface area contributed by atoms with E-state index in [1.807, 2.05) is 0 Å². The number of carbonyl (C=O) groups excluding carboxylic acids is 2. The highest BCUT2D eigenvalue weighted by atomic mass is 16.5. The summed E-state index contributed by atoms with van der Waals surface area (Å²) in [6, 6.07) is 1.71. The summed E-state index contributed by atoms with van der Waals surface area (Å²) in [5.41, 5.74) is 0. The molecule has 0 aromatic rings. The molecule has 1 aliphatic rings. The summed E-state index contributed by atoms with van der Waals surface area (Å²) in [4.78, 5) is 22.7. The summed E-state index contributed by atoms with van der Waals surface area (Å²) < 4.78 is 4.65. The molecule has 0 heterocycles. The predicted octanol–water partition coefficient (Wildman–Crippen LogP) is 1.06. The number of carbonyl (C=O) groups is 2. The van der Waals surface area contributed by atoms with Crippen LogP contribution >= 0.6 is 0 Å². The zero-order valence-electron chi connectivity index (χ0n) is 8.16. The number of nitriles is 1. The number of ketones is 1. The molecule has 4 heteroatoms. The first kappa shape index (κ1) is 10.7. The van der Waals surface area contributed by atoms with E-state index in [4.69, 9.17) is 5.26 Å².